The predicted octanol–water partition coefficient (Wildman–Crippen LogP) is 7.44. The molecule has 0 spiro atoms. The Bertz CT molecular complexity index is 992. The van der Waals surface area contributed by atoms with Crippen LogP contribution in [0.4, 0.5) is 10.5 Å². The Labute approximate surface area is 188 Å². The van der Waals surface area contributed by atoms with Crippen molar-refractivity contribution in [3.8, 4) is 5.75 Å². The van der Waals surface area contributed by atoms with Gasteiger partial charge in [-0.2, -0.15) is 0 Å². The topological polar surface area (TPSA) is 38.8 Å². The molecule has 0 aliphatic heterocycles. The molecule has 30 heavy (non-hydrogen) atoms. The maximum atomic E-state index is 12.5. The number of hydrogen-bond donors (Lipinski definition) is 0. The Kier molecular flexibility index (Phi) is 7.54. The highest BCUT2D eigenvalue weighted by Crippen LogP contribution is 2.44. The fourth-order valence-corrected chi connectivity index (χ4v) is 3.85. The van der Waals surface area contributed by atoms with Gasteiger partial charge in [-0.05, 0) is 57.9 Å². The van der Waals surface area contributed by atoms with Crippen LogP contribution in [0.1, 0.15) is 38.8 Å². The second kappa shape index (κ2) is 9.52. The molecule has 2 aromatic rings. The Morgan fingerprint density at radius 1 is 1.17 bits per heavy atom. The maximum Gasteiger partial charge on any atom is 0.514 e. The van der Waals surface area contributed by atoms with Crippen LogP contribution >= 0.6 is 15.9 Å². The number of benzene rings is 2. The Hall–Kier alpha value is -2.53. The van der Waals surface area contributed by atoms with Crippen LogP contribution in [0, 0.1) is 6.92 Å². The van der Waals surface area contributed by atoms with E-state index < -0.39 is 11.8 Å². The first-order valence-corrected chi connectivity index (χ1v) is 10.6. The first-order chi connectivity index (χ1) is 14.0. The molecule has 0 aliphatic rings. The van der Waals surface area contributed by atoms with E-state index in [0.29, 0.717) is 18.8 Å². The predicted molar refractivity (Wildman–Crippen MR) is 131 cm³/mol. The van der Waals surface area contributed by atoms with Crippen molar-refractivity contribution in [2.24, 2.45) is 0 Å². The maximum absolute atomic E-state index is 12.5. The molecule has 0 bridgehead atoms. The van der Waals surface area contributed by atoms with E-state index in [-0.39, 0.29) is 0 Å². The molecule has 0 aromatic heterocycles. The van der Waals surface area contributed by atoms with Crippen molar-refractivity contribution < 1.29 is 14.3 Å². The van der Waals surface area contributed by atoms with Gasteiger partial charge >= 0.3 is 6.16 Å². The molecule has 0 unspecified atom stereocenters. The zero-order valence-electron chi connectivity index (χ0n) is 18.5. The van der Waals surface area contributed by atoms with Gasteiger partial charge in [0.25, 0.3) is 0 Å². The molecule has 0 saturated carbocycles. The second-order valence-electron chi connectivity index (χ2n) is 8.20. The van der Waals surface area contributed by atoms with Gasteiger partial charge in [0.05, 0.1) is 0 Å². The first-order valence-electron chi connectivity index (χ1n) is 9.79. The molecular weight excluding hydrogens is 442 g/mol. The fraction of sp³-hybridized carbons (Fsp3) is 0.320. The molecule has 5 heteroatoms. The highest BCUT2D eigenvalue weighted by Gasteiger charge is 2.25. The van der Waals surface area contributed by atoms with Crippen molar-refractivity contribution in [3.63, 3.8) is 0 Å². The average molecular weight is 472 g/mol. The van der Waals surface area contributed by atoms with Crippen LogP contribution in [0.25, 0.3) is 16.3 Å². The lowest BCUT2D eigenvalue weighted by Crippen LogP contribution is -2.27. The van der Waals surface area contributed by atoms with Crippen molar-refractivity contribution in [3.05, 3.63) is 65.7 Å². The van der Waals surface area contributed by atoms with E-state index in [2.05, 4.69) is 40.6 Å². The lowest BCUT2D eigenvalue weighted by molar-refractivity contribution is 0.0208. The van der Waals surface area contributed by atoms with E-state index in [1.54, 1.807) is 20.8 Å². The summed E-state index contributed by atoms with van der Waals surface area (Å²) in [5.74, 6) is 0.450. The summed E-state index contributed by atoms with van der Waals surface area (Å²) in [4.78, 5) is 14.7. The largest absolute Gasteiger partial charge is 0.514 e. The summed E-state index contributed by atoms with van der Waals surface area (Å²) in [7, 11) is 0. The molecule has 0 heterocycles. The molecule has 0 amide bonds. The Morgan fingerprint density at radius 3 is 2.27 bits per heavy atom. The molecule has 0 radical (unpaired) electrons. The standard InChI is InChI=1S/C25H30BrNO3/c1-9-13-27(14-10-2)22-17(5)21(16(3)4)23(29-24(28)30-25(6,7)8)20-15-18(26)11-12-19(20)22/h9-12,15H,1-3,13-14H2,4-8H3. The van der Waals surface area contributed by atoms with Crippen molar-refractivity contribution >= 4 is 44.1 Å². The Balaban J connectivity index is 2.85. The van der Waals surface area contributed by atoms with E-state index >= 15 is 0 Å². The number of rotatable bonds is 7. The van der Waals surface area contributed by atoms with Crippen molar-refractivity contribution in [1.29, 1.82) is 0 Å². The lowest BCUT2D eigenvalue weighted by Gasteiger charge is -2.29. The normalized spacial score (nSPS) is 11.1. The average Bonchev–Trinajstić information content (AvgIpc) is 2.60. The van der Waals surface area contributed by atoms with Gasteiger partial charge in [-0.15, -0.1) is 13.2 Å². The highest BCUT2D eigenvalue weighted by molar-refractivity contribution is 9.10. The molecule has 0 fully saturated rings. The van der Waals surface area contributed by atoms with E-state index in [4.69, 9.17) is 9.47 Å². The molecule has 2 rings (SSSR count). The van der Waals surface area contributed by atoms with E-state index in [0.717, 1.165) is 37.6 Å². The minimum Gasteiger partial charge on any atom is -0.428 e. The third kappa shape index (κ3) is 5.33. The zero-order chi connectivity index (χ0) is 22.6. The summed E-state index contributed by atoms with van der Waals surface area (Å²) < 4.78 is 12.1. The van der Waals surface area contributed by atoms with Gasteiger partial charge in [-0.25, -0.2) is 4.79 Å². The van der Waals surface area contributed by atoms with Crippen molar-refractivity contribution in [2.75, 3.05) is 18.0 Å². The summed E-state index contributed by atoms with van der Waals surface area (Å²) in [5.41, 5.74) is 2.94. The monoisotopic (exact) mass is 471 g/mol. The second-order valence-corrected chi connectivity index (χ2v) is 9.11. The summed E-state index contributed by atoms with van der Waals surface area (Å²) in [6.45, 7) is 22.6. The molecule has 0 aliphatic carbocycles. The van der Waals surface area contributed by atoms with Crippen molar-refractivity contribution in [1.82, 2.24) is 0 Å². The number of fused-ring (bicyclic) bond motifs is 1. The minimum absolute atomic E-state index is 0.450. The van der Waals surface area contributed by atoms with Crippen LogP contribution in [0.5, 0.6) is 5.75 Å². The lowest BCUT2D eigenvalue weighted by atomic mass is 9.93. The number of carbonyl (C=O) groups is 1. The quantitative estimate of drug-likeness (QED) is 0.239. The van der Waals surface area contributed by atoms with Gasteiger partial charge in [-0.1, -0.05) is 40.7 Å². The Morgan fingerprint density at radius 2 is 1.77 bits per heavy atom. The molecule has 0 N–H and O–H groups in total. The zero-order valence-corrected chi connectivity index (χ0v) is 20.1. The van der Waals surface area contributed by atoms with Gasteiger partial charge in [-0.3, -0.25) is 0 Å². The smallest absolute Gasteiger partial charge is 0.428 e. The van der Waals surface area contributed by atoms with E-state index in [9.17, 15) is 4.79 Å². The summed E-state index contributed by atoms with van der Waals surface area (Å²) >= 11 is 3.54. The van der Waals surface area contributed by atoms with Gasteiger partial charge in [0.1, 0.15) is 11.4 Å². The minimum atomic E-state index is -0.743. The van der Waals surface area contributed by atoms with Crippen LogP contribution < -0.4 is 9.64 Å². The first kappa shape index (κ1) is 23.7. The van der Waals surface area contributed by atoms with Crippen molar-refractivity contribution in [2.45, 2.75) is 40.2 Å². The molecular formula is C25H30BrNO3. The number of anilines is 1. The summed E-state index contributed by atoms with van der Waals surface area (Å²) in [5, 5.41) is 1.76. The van der Waals surface area contributed by atoms with E-state index in [1.807, 2.05) is 44.2 Å². The fourth-order valence-electron chi connectivity index (χ4n) is 3.49. The third-order valence-corrected chi connectivity index (χ3v) is 4.95. The van der Waals surface area contributed by atoms with Crippen LogP contribution in [0.15, 0.2) is 54.6 Å². The van der Waals surface area contributed by atoms with Crippen LogP contribution in [-0.4, -0.2) is 24.8 Å². The van der Waals surface area contributed by atoms with Gasteiger partial charge < -0.3 is 14.4 Å². The molecule has 2 aromatic carbocycles. The number of allylic oxidation sites excluding steroid dienone is 1. The molecule has 4 nitrogen and oxygen atoms in total. The van der Waals surface area contributed by atoms with Crippen LogP contribution in [0.2, 0.25) is 0 Å². The van der Waals surface area contributed by atoms with Gasteiger partial charge in [0.2, 0.25) is 0 Å². The summed E-state index contributed by atoms with van der Waals surface area (Å²) in [6.07, 6.45) is 2.98. The number of halogens is 1. The molecule has 160 valence electrons. The van der Waals surface area contributed by atoms with Gasteiger partial charge in [0.15, 0.2) is 0 Å². The number of carbonyl (C=O) groups excluding carboxylic acids is 1. The molecule has 0 atom stereocenters. The highest BCUT2D eigenvalue weighted by atomic mass is 79.9. The SMILES string of the molecule is C=CCN(CC=C)c1c(C)c(C(=C)C)c(OC(=O)OC(C)(C)C)c2cc(Br)ccc12. The van der Waals surface area contributed by atoms with E-state index in [1.165, 1.54) is 0 Å². The van der Waals surface area contributed by atoms with Crippen LogP contribution in [0.3, 0.4) is 0 Å². The van der Waals surface area contributed by atoms with Gasteiger partial charge in [0, 0.05) is 39.6 Å². The summed E-state index contributed by atoms with van der Waals surface area (Å²) in [6, 6.07) is 5.94. The number of ether oxygens (including phenoxy) is 2. The van der Waals surface area contributed by atoms with Crippen LogP contribution in [-0.2, 0) is 4.74 Å². The third-order valence-electron chi connectivity index (χ3n) is 4.46. The molecule has 0 saturated heterocycles. The number of hydrogen-bond acceptors (Lipinski definition) is 4. The number of nitrogens with zero attached hydrogens (tertiary/aromatic N) is 1.